The number of nitrogens with zero attached hydrogens (tertiary/aromatic N) is 4. The Morgan fingerprint density at radius 3 is 1.59 bits per heavy atom. The van der Waals surface area contributed by atoms with Gasteiger partial charge in [-0.15, -0.1) is 0 Å². The molecule has 0 fully saturated rings. The van der Waals surface area contributed by atoms with Crippen molar-refractivity contribution >= 4 is 43.6 Å². The molecule has 292 valence electrons. The Morgan fingerprint density at radius 1 is 0.381 bits per heavy atom. The van der Waals surface area contributed by atoms with Gasteiger partial charge in [0.2, 0.25) is 5.95 Å². The second-order valence-corrected chi connectivity index (χ2v) is 16.8. The SMILES string of the molecule is [2H]c1cc2c3ccccc3n(-c3nc(-c4ccccc4)cc(-c4ccc5c(c4)-c4ccccc4C54c5ccccc5-c5ccccc54)n3)c2c2c3ccccc3n(-c3ccccc3)c12. The van der Waals surface area contributed by atoms with Crippen LogP contribution in [0.1, 0.15) is 23.6 Å². The molecule has 3 heterocycles. The number of fused-ring (bicyclic) bond motifs is 17. The van der Waals surface area contributed by atoms with Gasteiger partial charge < -0.3 is 4.57 Å². The minimum absolute atomic E-state index is 0.423. The molecule has 0 bridgehead atoms. The Balaban J connectivity index is 1.06. The van der Waals surface area contributed by atoms with Crippen LogP contribution < -0.4 is 0 Å². The molecule has 0 N–H and O–H groups in total. The summed E-state index contributed by atoms with van der Waals surface area (Å²) in [5.41, 5.74) is 18.5. The van der Waals surface area contributed by atoms with E-state index in [2.05, 4.69) is 203 Å². The maximum Gasteiger partial charge on any atom is 0.235 e. The molecule has 0 saturated carbocycles. The van der Waals surface area contributed by atoms with Gasteiger partial charge in [0.1, 0.15) is 0 Å². The lowest BCUT2D eigenvalue weighted by atomic mass is 9.70. The van der Waals surface area contributed by atoms with Crippen molar-refractivity contribution in [1.29, 1.82) is 0 Å². The maximum absolute atomic E-state index is 9.64. The zero-order chi connectivity index (χ0) is 42.1. The molecule has 0 amide bonds. The van der Waals surface area contributed by atoms with Gasteiger partial charge in [0.15, 0.2) is 0 Å². The van der Waals surface area contributed by atoms with E-state index in [9.17, 15) is 1.37 Å². The molecule has 0 saturated heterocycles. The lowest BCUT2D eigenvalue weighted by Crippen LogP contribution is -2.25. The van der Waals surface area contributed by atoms with Gasteiger partial charge in [0.25, 0.3) is 0 Å². The van der Waals surface area contributed by atoms with Gasteiger partial charge in [0, 0.05) is 38.4 Å². The summed E-state index contributed by atoms with van der Waals surface area (Å²) < 4.78 is 14.1. The molecule has 0 unspecified atom stereocenters. The summed E-state index contributed by atoms with van der Waals surface area (Å²) in [5.74, 6) is 0.578. The van der Waals surface area contributed by atoms with E-state index < -0.39 is 5.41 Å². The monoisotopic (exact) mass is 801 g/mol. The van der Waals surface area contributed by atoms with Crippen molar-refractivity contribution in [1.82, 2.24) is 19.1 Å². The van der Waals surface area contributed by atoms with Crippen LogP contribution in [0.4, 0.5) is 0 Å². The molecule has 4 nitrogen and oxygen atoms in total. The first-order chi connectivity index (χ1) is 31.7. The highest BCUT2D eigenvalue weighted by Crippen LogP contribution is 2.63. The highest BCUT2D eigenvalue weighted by atomic mass is 15.2. The Morgan fingerprint density at radius 2 is 0.905 bits per heavy atom. The van der Waals surface area contributed by atoms with Crippen molar-refractivity contribution in [3.05, 3.63) is 241 Å². The van der Waals surface area contributed by atoms with Crippen molar-refractivity contribution in [2.24, 2.45) is 0 Å². The third kappa shape index (κ3) is 4.59. The summed E-state index contributed by atoms with van der Waals surface area (Å²) in [5, 5.41) is 4.13. The van der Waals surface area contributed by atoms with E-state index in [1.807, 2.05) is 18.2 Å². The topological polar surface area (TPSA) is 35.6 Å². The van der Waals surface area contributed by atoms with Gasteiger partial charge in [-0.1, -0.05) is 176 Å². The number of hydrogen-bond donors (Lipinski definition) is 0. The fourth-order valence-corrected chi connectivity index (χ4v) is 11.2. The number of hydrogen-bond acceptors (Lipinski definition) is 2. The fourth-order valence-electron chi connectivity index (χ4n) is 11.2. The van der Waals surface area contributed by atoms with E-state index in [4.69, 9.17) is 9.97 Å². The summed E-state index contributed by atoms with van der Waals surface area (Å²) in [6, 6.07) is 76.2. The molecule has 2 aliphatic carbocycles. The normalized spacial score (nSPS) is 13.4. The summed E-state index contributed by atoms with van der Waals surface area (Å²) in [7, 11) is 0. The zero-order valence-corrected chi connectivity index (χ0v) is 34.0. The van der Waals surface area contributed by atoms with E-state index in [0.29, 0.717) is 12.0 Å². The minimum atomic E-state index is -0.423. The predicted octanol–water partition coefficient (Wildman–Crippen LogP) is 14.3. The molecule has 3 aromatic heterocycles. The molecule has 0 radical (unpaired) electrons. The van der Waals surface area contributed by atoms with Gasteiger partial charge in [-0.2, -0.15) is 0 Å². The van der Waals surface area contributed by atoms with Gasteiger partial charge >= 0.3 is 0 Å². The van der Waals surface area contributed by atoms with Gasteiger partial charge in [0.05, 0.1) is 40.2 Å². The van der Waals surface area contributed by atoms with Crippen molar-refractivity contribution in [2.75, 3.05) is 0 Å². The Labute approximate surface area is 365 Å². The van der Waals surface area contributed by atoms with E-state index in [1.165, 1.54) is 44.5 Å². The molecule has 2 aliphatic rings. The summed E-state index contributed by atoms with van der Waals surface area (Å²) in [6.45, 7) is 0. The van der Waals surface area contributed by atoms with Crippen LogP contribution in [0, 0.1) is 0 Å². The minimum Gasteiger partial charge on any atom is -0.309 e. The second kappa shape index (κ2) is 12.8. The van der Waals surface area contributed by atoms with Gasteiger partial charge in [-0.05, 0) is 86.9 Å². The smallest absolute Gasteiger partial charge is 0.235 e. The average molecular weight is 802 g/mol. The number of para-hydroxylation sites is 3. The third-order valence-corrected chi connectivity index (χ3v) is 13.7. The molecule has 63 heavy (non-hydrogen) atoms. The third-order valence-electron chi connectivity index (χ3n) is 13.7. The predicted molar refractivity (Wildman–Crippen MR) is 258 cm³/mol. The summed E-state index contributed by atoms with van der Waals surface area (Å²) >= 11 is 0. The highest BCUT2D eigenvalue weighted by Gasteiger charge is 2.51. The zero-order valence-electron chi connectivity index (χ0n) is 35.0. The van der Waals surface area contributed by atoms with Gasteiger partial charge in [-0.25, -0.2) is 9.97 Å². The van der Waals surface area contributed by atoms with Crippen LogP contribution in [-0.2, 0) is 5.41 Å². The van der Waals surface area contributed by atoms with E-state index >= 15 is 0 Å². The van der Waals surface area contributed by atoms with Crippen molar-refractivity contribution in [3.63, 3.8) is 0 Å². The number of rotatable bonds is 4. The average Bonchev–Trinajstić information content (AvgIpc) is 4.07. The first-order valence-electron chi connectivity index (χ1n) is 22.1. The maximum atomic E-state index is 9.64. The molecular formula is C59H36N4. The number of aromatic nitrogens is 4. The van der Waals surface area contributed by atoms with Crippen LogP contribution in [0.2, 0.25) is 0 Å². The summed E-state index contributed by atoms with van der Waals surface area (Å²) in [4.78, 5) is 11.0. The number of benzene rings is 9. The lowest BCUT2D eigenvalue weighted by Gasteiger charge is -2.30. The largest absolute Gasteiger partial charge is 0.309 e. The molecular weight excluding hydrogens is 765 g/mol. The second-order valence-electron chi connectivity index (χ2n) is 16.8. The Hall–Kier alpha value is -8.34. The van der Waals surface area contributed by atoms with E-state index in [-0.39, 0.29) is 0 Å². The molecule has 0 atom stereocenters. The quantitative estimate of drug-likeness (QED) is 0.178. The first-order valence-corrected chi connectivity index (χ1v) is 21.6. The highest BCUT2D eigenvalue weighted by molar-refractivity contribution is 6.26. The lowest BCUT2D eigenvalue weighted by molar-refractivity contribution is 0.794. The van der Waals surface area contributed by atoms with Crippen LogP contribution in [0.5, 0.6) is 0 Å². The van der Waals surface area contributed by atoms with Crippen molar-refractivity contribution < 1.29 is 1.37 Å². The summed E-state index contributed by atoms with van der Waals surface area (Å²) in [6.07, 6.45) is 0. The van der Waals surface area contributed by atoms with Crippen LogP contribution in [0.25, 0.3) is 100 Å². The van der Waals surface area contributed by atoms with E-state index in [1.54, 1.807) is 0 Å². The standard InChI is InChI=1S/C59H36N4/c1-3-17-37(18-4-1)51-36-52(38-31-33-50-46(35-38)42-23-9-14-28-49(42)59(50)47-26-12-7-21-40(47)41-22-8-13-27-48(41)59)61-58(60-51)63-53-29-15-10-24-43(53)44-32-34-55-56(57(44)63)45-25-11-16-30-54(45)62(55)39-19-5-2-6-20-39/h1-36H/i34D. The molecule has 0 aliphatic heterocycles. The van der Waals surface area contributed by atoms with Crippen LogP contribution in [0.15, 0.2) is 218 Å². The molecule has 12 aromatic rings. The van der Waals surface area contributed by atoms with Gasteiger partial charge in [-0.3, -0.25) is 4.57 Å². The van der Waals surface area contributed by atoms with Crippen molar-refractivity contribution in [2.45, 2.75) is 5.41 Å². The molecule has 14 rings (SSSR count). The van der Waals surface area contributed by atoms with Crippen LogP contribution >= 0.6 is 0 Å². The molecule has 9 aromatic carbocycles. The van der Waals surface area contributed by atoms with Crippen LogP contribution in [0.3, 0.4) is 0 Å². The van der Waals surface area contributed by atoms with Crippen molar-refractivity contribution in [3.8, 4) is 56.4 Å². The first kappa shape index (κ1) is 33.4. The van der Waals surface area contributed by atoms with Crippen LogP contribution in [-0.4, -0.2) is 19.1 Å². The Bertz CT molecular complexity index is 3870. The fraction of sp³-hybridized carbons (Fsp3) is 0.0169. The molecule has 4 heteroatoms. The van der Waals surface area contributed by atoms with E-state index in [0.717, 1.165) is 71.8 Å². The molecule has 1 spiro atoms. The Kier molecular flexibility index (Phi) is 6.80.